The van der Waals surface area contributed by atoms with E-state index >= 15 is 0 Å². The fourth-order valence-corrected chi connectivity index (χ4v) is 4.30. The largest absolute Gasteiger partial charge is 0.336 e. The van der Waals surface area contributed by atoms with Gasteiger partial charge in [0, 0.05) is 13.5 Å². The van der Waals surface area contributed by atoms with Gasteiger partial charge in [-0.1, -0.05) is 46.8 Å². The highest BCUT2D eigenvalue weighted by Gasteiger charge is 2.35. The van der Waals surface area contributed by atoms with E-state index in [2.05, 4.69) is 77.6 Å². The Kier molecular flexibility index (Phi) is 6.46. The number of hydrogen-bond donors (Lipinski definition) is 0. The van der Waals surface area contributed by atoms with Gasteiger partial charge >= 0.3 is 0 Å². The molecule has 1 amide bonds. The van der Waals surface area contributed by atoms with E-state index in [-0.39, 0.29) is 22.8 Å². The highest BCUT2D eigenvalue weighted by Crippen LogP contribution is 2.44. The molecule has 3 heteroatoms. The molecule has 1 aliphatic carbocycles. The molecule has 0 aromatic heterocycles. The average Bonchev–Trinajstić information content (AvgIpc) is 2.84. The first-order chi connectivity index (χ1) is 12.3. The van der Waals surface area contributed by atoms with Gasteiger partial charge in [-0.2, -0.15) is 0 Å². The molecule has 0 saturated carbocycles. The van der Waals surface area contributed by atoms with Crippen molar-refractivity contribution in [3.63, 3.8) is 0 Å². The van der Waals surface area contributed by atoms with Gasteiger partial charge in [-0.25, -0.2) is 0 Å². The molecule has 1 atom stereocenters. The van der Waals surface area contributed by atoms with Crippen molar-refractivity contribution in [3.05, 3.63) is 34.4 Å². The third kappa shape index (κ3) is 4.93. The number of carbonyl (C=O) groups is 1. The van der Waals surface area contributed by atoms with Crippen LogP contribution >= 0.6 is 0 Å². The number of hydrogen-bond acceptors (Lipinski definition) is 2. The van der Waals surface area contributed by atoms with E-state index in [0.29, 0.717) is 0 Å². The van der Waals surface area contributed by atoms with Crippen LogP contribution < -0.4 is 0 Å². The van der Waals surface area contributed by atoms with Crippen LogP contribution in [0.15, 0.2) is 12.1 Å². The molecule has 0 aliphatic heterocycles. The highest BCUT2D eigenvalue weighted by atomic mass is 16.2. The predicted molar refractivity (Wildman–Crippen MR) is 115 cm³/mol. The third-order valence-electron chi connectivity index (χ3n) is 6.21. The Morgan fingerprint density at radius 1 is 1.19 bits per heavy atom. The Bertz CT molecular complexity index is 682. The lowest BCUT2D eigenvalue weighted by molar-refractivity contribution is -0.131. The van der Waals surface area contributed by atoms with Crippen LogP contribution in [0.4, 0.5) is 0 Å². The molecule has 0 fully saturated rings. The topological polar surface area (TPSA) is 23.6 Å². The Hall–Kier alpha value is -1.35. The molecule has 0 N–H and O–H groups in total. The van der Waals surface area contributed by atoms with E-state index in [1.165, 1.54) is 28.7 Å². The molecule has 0 spiro atoms. The van der Waals surface area contributed by atoms with Crippen molar-refractivity contribution in [1.82, 2.24) is 9.80 Å². The zero-order valence-electron chi connectivity index (χ0n) is 19.1. The van der Waals surface area contributed by atoms with Gasteiger partial charge in [0.25, 0.3) is 0 Å². The van der Waals surface area contributed by atoms with Crippen LogP contribution in [0.5, 0.6) is 0 Å². The fourth-order valence-electron chi connectivity index (χ4n) is 4.30. The predicted octanol–water partition coefficient (Wildman–Crippen LogP) is 5.07. The fraction of sp³-hybridized carbons (Fsp3) is 0.708. The van der Waals surface area contributed by atoms with Crippen LogP contribution in [0.25, 0.3) is 0 Å². The monoisotopic (exact) mass is 372 g/mol. The van der Waals surface area contributed by atoms with Crippen LogP contribution in [-0.4, -0.2) is 42.9 Å². The maximum absolute atomic E-state index is 12.5. The Balaban J connectivity index is 2.46. The second-order valence-corrected chi connectivity index (χ2v) is 10.3. The minimum Gasteiger partial charge on any atom is -0.336 e. The van der Waals surface area contributed by atoms with E-state index in [9.17, 15) is 4.79 Å². The van der Waals surface area contributed by atoms with Crippen molar-refractivity contribution in [2.45, 2.75) is 84.6 Å². The molecule has 152 valence electrons. The summed E-state index contributed by atoms with van der Waals surface area (Å²) in [6.45, 7) is 17.3. The molecule has 0 saturated heterocycles. The van der Waals surface area contributed by atoms with E-state index in [0.717, 1.165) is 25.9 Å². The lowest BCUT2D eigenvalue weighted by Gasteiger charge is -2.33. The van der Waals surface area contributed by atoms with Gasteiger partial charge in [0.1, 0.15) is 0 Å². The first-order valence-corrected chi connectivity index (χ1v) is 10.4. The summed E-state index contributed by atoms with van der Waals surface area (Å²) in [6.07, 6.45) is 3.32. The van der Waals surface area contributed by atoms with Gasteiger partial charge in [-0.15, -0.1) is 0 Å². The second-order valence-electron chi connectivity index (χ2n) is 10.3. The average molecular weight is 373 g/mol. The summed E-state index contributed by atoms with van der Waals surface area (Å²) in [5.41, 5.74) is 6.05. The maximum atomic E-state index is 12.5. The molecular formula is C24H40N2O. The van der Waals surface area contributed by atoms with Crippen LogP contribution in [-0.2, 0) is 22.0 Å². The van der Waals surface area contributed by atoms with Crippen molar-refractivity contribution in [1.29, 1.82) is 0 Å². The first kappa shape index (κ1) is 21.9. The summed E-state index contributed by atoms with van der Waals surface area (Å²) in [5, 5.41) is 0. The van der Waals surface area contributed by atoms with Gasteiger partial charge in [0.15, 0.2) is 0 Å². The van der Waals surface area contributed by atoms with Crippen LogP contribution in [0, 0.1) is 0 Å². The first-order valence-electron chi connectivity index (χ1n) is 10.4. The second kappa shape index (κ2) is 7.95. The molecular weight excluding hydrogens is 332 g/mol. The molecule has 2 rings (SSSR count). The Morgan fingerprint density at radius 3 is 2.33 bits per heavy atom. The normalized spacial score (nSPS) is 17.1. The van der Waals surface area contributed by atoms with Crippen molar-refractivity contribution in [3.8, 4) is 0 Å². The molecule has 0 heterocycles. The van der Waals surface area contributed by atoms with Crippen LogP contribution in [0.2, 0.25) is 0 Å². The summed E-state index contributed by atoms with van der Waals surface area (Å²) in [5.74, 6) is 0.174. The number of benzene rings is 1. The van der Waals surface area contributed by atoms with E-state index in [4.69, 9.17) is 0 Å². The smallest absolute Gasteiger partial charge is 0.219 e. The van der Waals surface area contributed by atoms with E-state index in [1.807, 2.05) is 0 Å². The van der Waals surface area contributed by atoms with Crippen molar-refractivity contribution < 1.29 is 4.79 Å². The molecule has 1 aromatic carbocycles. The van der Waals surface area contributed by atoms with E-state index in [1.54, 1.807) is 6.92 Å². The zero-order chi connectivity index (χ0) is 20.6. The van der Waals surface area contributed by atoms with Crippen molar-refractivity contribution in [2.24, 2.45) is 0 Å². The van der Waals surface area contributed by atoms with Gasteiger partial charge in [-0.05, 0) is 79.9 Å². The molecule has 27 heavy (non-hydrogen) atoms. The third-order valence-corrected chi connectivity index (χ3v) is 6.21. The Labute approximate surface area is 167 Å². The van der Waals surface area contributed by atoms with Gasteiger partial charge in [0.2, 0.25) is 5.91 Å². The number of carbonyl (C=O) groups excluding carboxylic acids is 1. The summed E-state index contributed by atoms with van der Waals surface area (Å²) in [7, 11) is 4.17. The van der Waals surface area contributed by atoms with Crippen LogP contribution in [0.1, 0.15) is 89.6 Å². The number of nitrogens with zero attached hydrogens (tertiary/aromatic N) is 2. The van der Waals surface area contributed by atoms with Crippen LogP contribution in [0.3, 0.4) is 0 Å². The Morgan fingerprint density at radius 2 is 1.81 bits per heavy atom. The summed E-state index contributed by atoms with van der Waals surface area (Å²) in [4.78, 5) is 16.7. The zero-order valence-corrected chi connectivity index (χ0v) is 19.1. The minimum absolute atomic E-state index is 0.105. The summed E-state index contributed by atoms with van der Waals surface area (Å²) in [6, 6.07) is 4.93. The molecule has 1 aliphatic rings. The highest BCUT2D eigenvalue weighted by molar-refractivity contribution is 5.74. The molecule has 1 aromatic rings. The quantitative estimate of drug-likeness (QED) is 0.696. The molecule has 0 radical (unpaired) electrons. The SMILES string of the molecule is CC(=O)N(CCCN(C)C)[C@H](C)c1cc(C(C)(C)C)cc2c1CCC2(C)C. The lowest BCUT2D eigenvalue weighted by Crippen LogP contribution is -2.34. The summed E-state index contributed by atoms with van der Waals surface area (Å²) >= 11 is 0. The van der Waals surface area contributed by atoms with E-state index < -0.39 is 0 Å². The van der Waals surface area contributed by atoms with Crippen molar-refractivity contribution in [2.75, 3.05) is 27.2 Å². The van der Waals surface area contributed by atoms with Gasteiger partial charge in [-0.3, -0.25) is 4.79 Å². The number of fused-ring (bicyclic) bond motifs is 1. The van der Waals surface area contributed by atoms with Gasteiger partial charge in [0.05, 0.1) is 6.04 Å². The lowest BCUT2D eigenvalue weighted by atomic mass is 9.78. The van der Waals surface area contributed by atoms with Gasteiger partial charge < -0.3 is 9.80 Å². The molecule has 0 unspecified atom stereocenters. The van der Waals surface area contributed by atoms with Crippen molar-refractivity contribution >= 4 is 5.91 Å². The molecule has 0 bridgehead atoms. The molecule has 3 nitrogen and oxygen atoms in total. The number of amides is 1. The maximum Gasteiger partial charge on any atom is 0.219 e. The standard InChI is InChI=1S/C24H40N2O/c1-17(26(18(2)27)14-10-13-25(8)9)21-15-19(23(3,4)5)16-22-20(21)11-12-24(22,6)7/h15-17H,10-14H2,1-9H3/t17-/m1/s1. The summed E-state index contributed by atoms with van der Waals surface area (Å²) < 4.78 is 0. The minimum atomic E-state index is 0.105. The number of rotatable bonds is 6.